The van der Waals surface area contributed by atoms with Crippen LogP contribution in [0.5, 0.6) is 0 Å². The first-order chi connectivity index (χ1) is 12.4. The third kappa shape index (κ3) is 8.94. The lowest BCUT2D eigenvalue weighted by Gasteiger charge is -2.15. The van der Waals surface area contributed by atoms with Crippen molar-refractivity contribution >= 4 is 11.9 Å². The van der Waals surface area contributed by atoms with Crippen molar-refractivity contribution in [2.24, 2.45) is 11.7 Å². The first kappa shape index (κ1) is 22.1. The van der Waals surface area contributed by atoms with E-state index >= 15 is 0 Å². The second-order valence-corrected chi connectivity index (χ2v) is 6.55. The summed E-state index contributed by atoms with van der Waals surface area (Å²) in [7, 11) is 0. The van der Waals surface area contributed by atoms with E-state index in [9.17, 15) is 14.7 Å². The zero-order valence-electron chi connectivity index (χ0n) is 15.1. The van der Waals surface area contributed by atoms with Gasteiger partial charge in [0.05, 0.1) is 5.92 Å². The Bertz CT molecular complexity index is 547. The maximum absolute atomic E-state index is 11.3. The summed E-state index contributed by atoms with van der Waals surface area (Å²) >= 11 is 0. The van der Waals surface area contributed by atoms with Crippen molar-refractivity contribution in [1.82, 2.24) is 5.32 Å². The quantitative estimate of drug-likeness (QED) is 0.314. The molecule has 0 aliphatic rings. The molecule has 0 fully saturated rings. The Morgan fingerprint density at radius 1 is 0.962 bits per heavy atom. The number of aliphatic hydroxyl groups is 1. The molecule has 0 bridgehead atoms. The Morgan fingerprint density at radius 3 is 2.15 bits per heavy atom. The van der Waals surface area contributed by atoms with Crippen molar-refractivity contribution in [1.29, 1.82) is 0 Å². The largest absolute Gasteiger partial charge is 0.481 e. The number of carboxylic acids is 2. The number of rotatable bonds is 14. The molecule has 0 saturated carbocycles. The van der Waals surface area contributed by atoms with Crippen LogP contribution in [0.2, 0.25) is 0 Å². The van der Waals surface area contributed by atoms with Gasteiger partial charge in [-0.2, -0.15) is 0 Å². The molecule has 0 aliphatic carbocycles. The van der Waals surface area contributed by atoms with Crippen LogP contribution in [0.3, 0.4) is 0 Å². The van der Waals surface area contributed by atoms with Crippen LogP contribution < -0.4 is 11.1 Å². The summed E-state index contributed by atoms with van der Waals surface area (Å²) in [6.45, 7) is 1.92. The molecule has 26 heavy (non-hydrogen) atoms. The number of unbranched alkanes of at least 4 members (excludes halogenated alkanes) is 3. The number of carboxylic acid groups (broad SMARTS) is 2. The number of aliphatic hydroxyl groups excluding tert-OH is 1. The van der Waals surface area contributed by atoms with E-state index in [1.807, 2.05) is 24.3 Å². The number of hydrogen-bond donors (Lipinski definition) is 5. The van der Waals surface area contributed by atoms with Crippen LogP contribution >= 0.6 is 0 Å². The van der Waals surface area contributed by atoms with Gasteiger partial charge in [0.1, 0.15) is 6.04 Å². The molecule has 1 unspecified atom stereocenters. The molecule has 146 valence electrons. The summed E-state index contributed by atoms with van der Waals surface area (Å²) < 4.78 is 0. The maximum Gasteiger partial charge on any atom is 0.320 e. The topological polar surface area (TPSA) is 133 Å². The molecule has 0 heterocycles. The standard InChI is InChI=1S/C19H30N2O5/c20-17(19(25)26)12-16(18(23)24)11-14-5-7-15(8-6-14)13-21-9-3-1-2-4-10-22/h5-8,16-17,21-22H,1-4,9-13,20H2,(H,23,24)(H,25,26)/t16?,17-/m0/s1. The fourth-order valence-electron chi connectivity index (χ4n) is 2.70. The Labute approximate surface area is 154 Å². The van der Waals surface area contributed by atoms with Crippen molar-refractivity contribution in [3.8, 4) is 0 Å². The average molecular weight is 366 g/mol. The molecule has 6 N–H and O–H groups in total. The van der Waals surface area contributed by atoms with Gasteiger partial charge < -0.3 is 26.4 Å². The van der Waals surface area contributed by atoms with E-state index in [2.05, 4.69) is 5.32 Å². The smallest absolute Gasteiger partial charge is 0.320 e. The first-order valence-corrected chi connectivity index (χ1v) is 9.04. The minimum atomic E-state index is -1.19. The monoisotopic (exact) mass is 366 g/mol. The number of nitrogens with one attached hydrogen (secondary N) is 1. The van der Waals surface area contributed by atoms with Gasteiger partial charge in [-0.15, -0.1) is 0 Å². The van der Waals surface area contributed by atoms with Gasteiger partial charge in [0.2, 0.25) is 0 Å². The summed E-state index contributed by atoms with van der Waals surface area (Å²) in [4.78, 5) is 22.1. The molecule has 0 radical (unpaired) electrons. The summed E-state index contributed by atoms with van der Waals surface area (Å²) in [6, 6.07) is 6.48. The first-order valence-electron chi connectivity index (χ1n) is 9.04. The lowest BCUT2D eigenvalue weighted by atomic mass is 9.92. The lowest BCUT2D eigenvalue weighted by molar-refractivity contribution is -0.143. The predicted molar refractivity (Wildman–Crippen MR) is 98.8 cm³/mol. The molecule has 7 nitrogen and oxygen atoms in total. The minimum Gasteiger partial charge on any atom is -0.481 e. The van der Waals surface area contributed by atoms with Gasteiger partial charge in [0, 0.05) is 13.2 Å². The van der Waals surface area contributed by atoms with Gasteiger partial charge in [0.15, 0.2) is 0 Å². The minimum absolute atomic E-state index is 0.0930. The molecule has 1 aromatic carbocycles. The summed E-state index contributed by atoms with van der Waals surface area (Å²) in [5, 5.41) is 30.2. The fourth-order valence-corrected chi connectivity index (χ4v) is 2.70. The Balaban J connectivity index is 2.40. The summed E-state index contributed by atoms with van der Waals surface area (Å²) in [5.74, 6) is -3.04. The third-order valence-corrected chi connectivity index (χ3v) is 4.30. The van der Waals surface area contributed by atoms with Crippen LogP contribution in [0.4, 0.5) is 0 Å². The van der Waals surface area contributed by atoms with E-state index in [0.717, 1.165) is 49.9 Å². The maximum atomic E-state index is 11.3. The molecule has 7 heteroatoms. The van der Waals surface area contributed by atoms with E-state index < -0.39 is 23.9 Å². The molecule has 0 aromatic heterocycles. The van der Waals surface area contributed by atoms with E-state index in [4.69, 9.17) is 15.9 Å². The highest BCUT2D eigenvalue weighted by molar-refractivity contribution is 5.76. The molecule has 0 spiro atoms. The van der Waals surface area contributed by atoms with Gasteiger partial charge >= 0.3 is 11.9 Å². The highest BCUT2D eigenvalue weighted by Crippen LogP contribution is 2.15. The van der Waals surface area contributed by atoms with Gasteiger partial charge in [-0.3, -0.25) is 9.59 Å². The molecule has 2 atom stereocenters. The van der Waals surface area contributed by atoms with E-state index in [1.54, 1.807) is 0 Å². The Morgan fingerprint density at radius 2 is 1.58 bits per heavy atom. The zero-order chi connectivity index (χ0) is 19.4. The zero-order valence-corrected chi connectivity index (χ0v) is 15.1. The Kier molecular flexibility index (Phi) is 10.5. The number of carbonyl (C=O) groups is 2. The van der Waals surface area contributed by atoms with Crippen LogP contribution in [0.15, 0.2) is 24.3 Å². The van der Waals surface area contributed by atoms with Gasteiger partial charge in [-0.1, -0.05) is 37.1 Å². The molecule has 1 aromatic rings. The summed E-state index contributed by atoms with van der Waals surface area (Å²) in [5.41, 5.74) is 7.41. The molecule has 0 amide bonds. The molecule has 0 aliphatic heterocycles. The third-order valence-electron chi connectivity index (χ3n) is 4.30. The lowest BCUT2D eigenvalue weighted by Crippen LogP contribution is -2.35. The predicted octanol–water partition coefficient (Wildman–Crippen LogP) is 1.37. The van der Waals surface area contributed by atoms with Crippen molar-refractivity contribution in [2.75, 3.05) is 13.2 Å². The number of hydrogen-bond acceptors (Lipinski definition) is 5. The van der Waals surface area contributed by atoms with Crippen molar-refractivity contribution in [3.63, 3.8) is 0 Å². The van der Waals surface area contributed by atoms with Crippen LogP contribution in [0, 0.1) is 5.92 Å². The second kappa shape index (κ2) is 12.4. The number of aliphatic carboxylic acids is 2. The highest BCUT2D eigenvalue weighted by atomic mass is 16.4. The highest BCUT2D eigenvalue weighted by Gasteiger charge is 2.24. The fraction of sp³-hybridized carbons (Fsp3) is 0.579. The van der Waals surface area contributed by atoms with Crippen LogP contribution in [0.25, 0.3) is 0 Å². The number of benzene rings is 1. The van der Waals surface area contributed by atoms with Crippen molar-refractivity contribution in [2.45, 2.75) is 51.1 Å². The molecular weight excluding hydrogens is 336 g/mol. The van der Waals surface area contributed by atoms with Crippen LogP contribution in [-0.2, 0) is 22.6 Å². The van der Waals surface area contributed by atoms with Gasteiger partial charge in [-0.25, -0.2) is 0 Å². The van der Waals surface area contributed by atoms with E-state index in [0.29, 0.717) is 0 Å². The van der Waals surface area contributed by atoms with Gasteiger partial charge in [-0.05, 0) is 43.4 Å². The van der Waals surface area contributed by atoms with Crippen LogP contribution in [-0.4, -0.2) is 46.5 Å². The van der Waals surface area contributed by atoms with Crippen molar-refractivity contribution in [3.05, 3.63) is 35.4 Å². The number of nitrogens with two attached hydrogens (primary N) is 1. The van der Waals surface area contributed by atoms with Crippen LogP contribution in [0.1, 0.15) is 43.2 Å². The average Bonchev–Trinajstić information content (AvgIpc) is 2.61. The normalized spacial score (nSPS) is 13.3. The van der Waals surface area contributed by atoms with E-state index in [-0.39, 0.29) is 19.4 Å². The van der Waals surface area contributed by atoms with E-state index in [1.165, 1.54) is 0 Å². The van der Waals surface area contributed by atoms with Crippen molar-refractivity contribution < 1.29 is 24.9 Å². The molecular formula is C19H30N2O5. The second-order valence-electron chi connectivity index (χ2n) is 6.55. The summed E-state index contributed by atoms with van der Waals surface area (Å²) in [6.07, 6.45) is 4.24. The molecule has 0 saturated heterocycles. The van der Waals surface area contributed by atoms with Gasteiger partial charge in [0.25, 0.3) is 0 Å². The Hall–Kier alpha value is -1.96. The SMILES string of the molecule is N[C@@H](CC(Cc1ccc(CNCCCCCCO)cc1)C(=O)O)C(=O)O. The molecule has 1 rings (SSSR count).